The van der Waals surface area contributed by atoms with Crippen LogP contribution >= 0.6 is 0 Å². The van der Waals surface area contributed by atoms with Crippen molar-refractivity contribution in [2.45, 2.75) is 13.3 Å². The molecule has 2 rings (SSSR count). The minimum atomic E-state index is -0.156. The maximum Gasteiger partial charge on any atom is 0.251 e. The van der Waals surface area contributed by atoms with Crippen LogP contribution < -0.4 is 10.6 Å². The fourth-order valence-electron chi connectivity index (χ4n) is 1.69. The van der Waals surface area contributed by atoms with E-state index in [1.807, 2.05) is 13.0 Å². The van der Waals surface area contributed by atoms with Crippen molar-refractivity contribution in [1.82, 2.24) is 5.32 Å². The molecule has 1 aliphatic heterocycles. The van der Waals surface area contributed by atoms with Crippen molar-refractivity contribution >= 4 is 17.5 Å². The number of anilines is 1. The number of carbonyl (C=O) groups is 2. The summed E-state index contributed by atoms with van der Waals surface area (Å²) in [6.45, 7) is 6.03. The van der Waals surface area contributed by atoms with E-state index in [-0.39, 0.29) is 11.8 Å². The maximum atomic E-state index is 11.8. The number of hydrogen-bond acceptors (Lipinski definition) is 2. The Balaban J connectivity index is 2.13. The molecule has 0 saturated carbocycles. The molecule has 4 nitrogen and oxygen atoms in total. The third-order valence-electron chi connectivity index (χ3n) is 2.55. The van der Waals surface area contributed by atoms with Crippen LogP contribution in [0.15, 0.2) is 30.4 Å². The third-order valence-corrected chi connectivity index (χ3v) is 2.55. The van der Waals surface area contributed by atoms with Gasteiger partial charge in [0.15, 0.2) is 0 Å². The lowest BCUT2D eigenvalue weighted by Gasteiger charge is -2.06. The maximum absolute atomic E-state index is 11.8. The molecule has 0 bridgehead atoms. The van der Waals surface area contributed by atoms with Crippen molar-refractivity contribution in [3.05, 3.63) is 41.5 Å². The van der Waals surface area contributed by atoms with E-state index < -0.39 is 0 Å². The predicted molar refractivity (Wildman–Crippen MR) is 65.9 cm³/mol. The Kier molecular flexibility index (Phi) is 2.95. The molecule has 0 unspecified atom stereocenters. The molecule has 0 radical (unpaired) electrons. The second kappa shape index (κ2) is 4.41. The van der Waals surface area contributed by atoms with E-state index in [0.29, 0.717) is 18.5 Å². The highest BCUT2D eigenvalue weighted by Gasteiger charge is 2.18. The molecule has 0 aromatic heterocycles. The van der Waals surface area contributed by atoms with E-state index >= 15 is 0 Å². The largest absolute Gasteiger partial charge is 0.348 e. The van der Waals surface area contributed by atoms with Crippen LogP contribution in [-0.4, -0.2) is 18.4 Å². The van der Waals surface area contributed by atoms with E-state index in [0.717, 1.165) is 16.8 Å². The molecule has 0 saturated heterocycles. The number of fused-ring (bicyclic) bond motifs is 1. The van der Waals surface area contributed by atoms with E-state index in [2.05, 4.69) is 17.2 Å². The Morgan fingerprint density at radius 2 is 2.29 bits per heavy atom. The number of rotatable bonds is 3. The van der Waals surface area contributed by atoms with E-state index in [1.54, 1.807) is 12.1 Å². The van der Waals surface area contributed by atoms with E-state index in [1.165, 1.54) is 0 Å². The number of benzene rings is 1. The zero-order valence-corrected chi connectivity index (χ0v) is 9.67. The topological polar surface area (TPSA) is 58.2 Å². The Labute approximate surface area is 99.7 Å². The fourth-order valence-corrected chi connectivity index (χ4v) is 1.69. The number of amides is 2. The van der Waals surface area contributed by atoms with Crippen LogP contribution in [0.1, 0.15) is 22.8 Å². The van der Waals surface area contributed by atoms with E-state index in [4.69, 9.17) is 0 Å². The van der Waals surface area contributed by atoms with Crippen LogP contribution in [-0.2, 0) is 11.2 Å². The van der Waals surface area contributed by atoms with Crippen LogP contribution in [0.25, 0.3) is 0 Å². The fraction of sp³-hybridized carbons (Fsp3) is 0.231. The van der Waals surface area contributed by atoms with Gasteiger partial charge >= 0.3 is 0 Å². The molecule has 2 amide bonds. The first kappa shape index (κ1) is 11.4. The van der Waals surface area contributed by atoms with Crippen molar-refractivity contribution < 1.29 is 9.59 Å². The molecule has 1 aliphatic rings. The number of carbonyl (C=O) groups excluding carboxylic acids is 2. The van der Waals surface area contributed by atoms with Gasteiger partial charge in [0.1, 0.15) is 0 Å². The highest BCUT2D eigenvalue weighted by atomic mass is 16.2. The first-order valence-corrected chi connectivity index (χ1v) is 5.41. The van der Waals surface area contributed by atoms with Crippen molar-refractivity contribution in [3.8, 4) is 0 Å². The second-order valence-corrected chi connectivity index (χ2v) is 4.24. The molecule has 0 aliphatic carbocycles. The van der Waals surface area contributed by atoms with Gasteiger partial charge < -0.3 is 10.6 Å². The lowest BCUT2D eigenvalue weighted by molar-refractivity contribution is -0.115. The minimum Gasteiger partial charge on any atom is -0.348 e. The van der Waals surface area contributed by atoms with Gasteiger partial charge in [0, 0.05) is 17.8 Å². The molecule has 4 heteroatoms. The molecule has 2 N–H and O–H groups in total. The molecule has 0 spiro atoms. The average molecular weight is 230 g/mol. The molecule has 88 valence electrons. The van der Waals surface area contributed by atoms with Gasteiger partial charge in [-0.3, -0.25) is 9.59 Å². The van der Waals surface area contributed by atoms with Crippen LogP contribution in [0.2, 0.25) is 0 Å². The van der Waals surface area contributed by atoms with Gasteiger partial charge in [-0.15, -0.1) is 0 Å². The van der Waals surface area contributed by atoms with Crippen molar-refractivity contribution in [2.75, 3.05) is 11.9 Å². The first-order chi connectivity index (χ1) is 8.06. The smallest absolute Gasteiger partial charge is 0.251 e. The zero-order chi connectivity index (χ0) is 12.4. The average Bonchev–Trinajstić information content (AvgIpc) is 2.64. The Morgan fingerprint density at radius 3 is 3.00 bits per heavy atom. The highest BCUT2D eigenvalue weighted by Crippen LogP contribution is 2.23. The van der Waals surface area contributed by atoms with Crippen LogP contribution in [0, 0.1) is 0 Å². The normalized spacial score (nSPS) is 12.9. The quantitative estimate of drug-likeness (QED) is 0.773. The summed E-state index contributed by atoms with van der Waals surface area (Å²) >= 11 is 0. The molecular weight excluding hydrogens is 216 g/mol. The van der Waals surface area contributed by atoms with E-state index in [9.17, 15) is 9.59 Å². The van der Waals surface area contributed by atoms with Gasteiger partial charge in [-0.25, -0.2) is 0 Å². The summed E-state index contributed by atoms with van der Waals surface area (Å²) in [6.07, 6.45) is 0.392. The van der Waals surface area contributed by atoms with Crippen molar-refractivity contribution in [1.29, 1.82) is 0 Å². The first-order valence-electron chi connectivity index (χ1n) is 5.41. The van der Waals surface area contributed by atoms with Gasteiger partial charge in [0.25, 0.3) is 5.91 Å². The van der Waals surface area contributed by atoms with Crippen LogP contribution in [0.5, 0.6) is 0 Å². The van der Waals surface area contributed by atoms with Crippen LogP contribution in [0.3, 0.4) is 0 Å². The summed E-state index contributed by atoms with van der Waals surface area (Å²) in [5, 5.41) is 5.47. The third kappa shape index (κ3) is 2.53. The molecule has 17 heavy (non-hydrogen) atoms. The molecule has 0 atom stereocenters. The number of nitrogens with one attached hydrogen (secondary N) is 2. The van der Waals surface area contributed by atoms with Gasteiger partial charge in [0.2, 0.25) is 5.91 Å². The van der Waals surface area contributed by atoms with Gasteiger partial charge in [-0.1, -0.05) is 18.2 Å². The highest BCUT2D eigenvalue weighted by molar-refractivity contribution is 6.02. The summed E-state index contributed by atoms with van der Waals surface area (Å²) in [4.78, 5) is 22.9. The Hall–Kier alpha value is -2.10. The molecule has 1 aromatic carbocycles. The van der Waals surface area contributed by atoms with Crippen molar-refractivity contribution in [2.24, 2.45) is 0 Å². The summed E-state index contributed by atoms with van der Waals surface area (Å²) < 4.78 is 0. The molecular formula is C13H14N2O2. The summed E-state index contributed by atoms with van der Waals surface area (Å²) in [5.41, 5.74) is 3.12. The van der Waals surface area contributed by atoms with Crippen molar-refractivity contribution in [3.63, 3.8) is 0 Å². The van der Waals surface area contributed by atoms with Crippen LogP contribution in [0.4, 0.5) is 5.69 Å². The SMILES string of the molecule is C=C(C)CNC(=O)c1ccc2c(c1)NC(=O)C2. The Morgan fingerprint density at radius 1 is 1.53 bits per heavy atom. The zero-order valence-electron chi connectivity index (χ0n) is 9.67. The lowest BCUT2D eigenvalue weighted by Crippen LogP contribution is -2.24. The minimum absolute atomic E-state index is 0.0282. The summed E-state index contributed by atoms with van der Waals surface area (Å²) in [6, 6.07) is 5.24. The monoisotopic (exact) mass is 230 g/mol. The molecule has 1 aromatic rings. The summed E-state index contributed by atoms with van der Waals surface area (Å²) in [5.74, 6) is -0.184. The summed E-state index contributed by atoms with van der Waals surface area (Å²) in [7, 11) is 0. The van der Waals surface area contributed by atoms with Gasteiger partial charge in [-0.2, -0.15) is 0 Å². The van der Waals surface area contributed by atoms with Gasteiger partial charge in [-0.05, 0) is 24.6 Å². The molecule has 0 fully saturated rings. The lowest BCUT2D eigenvalue weighted by atomic mass is 10.1. The van der Waals surface area contributed by atoms with Gasteiger partial charge in [0.05, 0.1) is 6.42 Å². The molecule has 1 heterocycles. The standard InChI is InChI=1S/C13H14N2O2/c1-8(2)7-14-13(17)10-4-3-9-6-12(16)15-11(9)5-10/h3-5H,1,6-7H2,2H3,(H,14,17)(H,15,16). The second-order valence-electron chi connectivity index (χ2n) is 4.24. The predicted octanol–water partition coefficient (Wildman–Crippen LogP) is 1.49. The number of hydrogen-bond donors (Lipinski definition) is 2. The Bertz CT molecular complexity index is 506.